The second kappa shape index (κ2) is 5.32. The van der Waals surface area contributed by atoms with Crippen LogP contribution in [0.5, 0.6) is 0 Å². The molecule has 19 heavy (non-hydrogen) atoms. The van der Waals surface area contributed by atoms with Crippen molar-refractivity contribution in [3.63, 3.8) is 0 Å². The molecule has 0 radical (unpaired) electrons. The fraction of sp³-hybridized carbons (Fsp3) is 0.333. The van der Waals surface area contributed by atoms with E-state index in [-0.39, 0.29) is 4.90 Å². The molecule has 0 spiro atoms. The number of rotatable bonds is 4. The van der Waals surface area contributed by atoms with E-state index >= 15 is 0 Å². The van der Waals surface area contributed by atoms with Crippen LogP contribution in [0.4, 0.5) is 8.78 Å². The van der Waals surface area contributed by atoms with E-state index in [0.717, 1.165) is 5.56 Å². The summed E-state index contributed by atoms with van der Waals surface area (Å²) in [4.78, 5) is -0.142. The van der Waals surface area contributed by atoms with Crippen molar-refractivity contribution in [1.82, 2.24) is 0 Å². The van der Waals surface area contributed by atoms with Crippen molar-refractivity contribution >= 4 is 16.3 Å². The molecule has 106 valence electrons. The summed E-state index contributed by atoms with van der Waals surface area (Å²) >= 11 is 0. The van der Waals surface area contributed by atoms with Crippen LogP contribution in [0.15, 0.2) is 40.9 Å². The Balaban J connectivity index is 3.16. The maximum Gasteiger partial charge on any atom is 0.335 e. The predicted molar refractivity (Wildman–Crippen MR) is 72.0 cm³/mol. The molecule has 0 amide bonds. The Bertz CT molecular complexity index is 582. The third-order valence-corrected chi connectivity index (χ3v) is 3.73. The monoisotopic (exact) mass is 289 g/mol. The van der Waals surface area contributed by atoms with Gasteiger partial charge in [-0.15, -0.1) is 0 Å². The normalized spacial score (nSPS) is 12.1. The van der Waals surface area contributed by atoms with E-state index in [1.807, 2.05) is 0 Å². The van der Waals surface area contributed by atoms with Gasteiger partial charge in [-0.2, -0.15) is 37.7 Å². The quantitative estimate of drug-likeness (QED) is 0.482. The molecular formula is C12H16BF2O3S-. The van der Waals surface area contributed by atoms with Crippen LogP contribution < -0.4 is 0 Å². The maximum atomic E-state index is 12.8. The van der Waals surface area contributed by atoms with Crippen molar-refractivity contribution in [2.45, 2.75) is 32.3 Å². The molecule has 0 aliphatic carbocycles. The Morgan fingerprint density at radius 1 is 1.11 bits per heavy atom. The lowest BCUT2D eigenvalue weighted by Crippen LogP contribution is -2.28. The van der Waals surface area contributed by atoms with Crippen molar-refractivity contribution < 1.29 is 21.4 Å². The smallest absolute Gasteiger partial charge is 0.335 e. The molecule has 3 nitrogen and oxygen atoms in total. The largest absolute Gasteiger partial charge is 0.422 e. The third kappa shape index (κ3) is 4.06. The van der Waals surface area contributed by atoms with Crippen molar-refractivity contribution in [2.24, 2.45) is 0 Å². The van der Waals surface area contributed by atoms with Crippen molar-refractivity contribution in [3.8, 4) is 0 Å². The van der Waals surface area contributed by atoms with Crippen LogP contribution in [0, 0.1) is 6.92 Å². The Morgan fingerprint density at radius 3 is 1.95 bits per heavy atom. The molecule has 0 aliphatic rings. The number of benzene rings is 1. The molecule has 0 aliphatic heterocycles. The first kappa shape index (κ1) is 15.7. The molecule has 0 unspecified atom stereocenters. The van der Waals surface area contributed by atoms with E-state index in [4.69, 9.17) is 0 Å². The molecule has 0 fully saturated rings. The summed E-state index contributed by atoms with van der Waals surface area (Å²) < 4.78 is 54.1. The van der Waals surface area contributed by atoms with Gasteiger partial charge in [0.1, 0.15) is 4.90 Å². The molecule has 0 bridgehead atoms. The molecule has 7 heteroatoms. The molecule has 0 atom stereocenters. The van der Waals surface area contributed by atoms with Gasteiger partial charge >= 0.3 is 10.1 Å². The van der Waals surface area contributed by atoms with Crippen LogP contribution in [0.2, 0.25) is 20.5 Å². The second-order valence-electron chi connectivity index (χ2n) is 5.57. The first-order valence-electron chi connectivity index (χ1n) is 5.88. The van der Waals surface area contributed by atoms with Crippen LogP contribution >= 0.6 is 0 Å². The van der Waals surface area contributed by atoms with Crippen molar-refractivity contribution in [1.29, 1.82) is 0 Å². The molecule has 0 saturated heterocycles. The molecule has 1 aromatic carbocycles. The highest BCUT2D eigenvalue weighted by Crippen LogP contribution is 2.26. The molecule has 1 rings (SSSR count). The van der Waals surface area contributed by atoms with Gasteiger partial charge in [-0.1, -0.05) is 17.7 Å². The minimum Gasteiger partial charge on any atom is -0.422 e. The van der Waals surface area contributed by atoms with E-state index in [1.165, 1.54) is 32.6 Å². The van der Waals surface area contributed by atoms with Gasteiger partial charge in [0.15, 0.2) is 0 Å². The average Bonchev–Trinajstić information content (AvgIpc) is 2.24. The van der Waals surface area contributed by atoms with Gasteiger partial charge in [0.05, 0.1) is 6.15 Å². The first-order chi connectivity index (χ1) is 8.54. The predicted octanol–water partition coefficient (Wildman–Crippen LogP) is 3.69. The summed E-state index contributed by atoms with van der Waals surface area (Å²) in [5, 5.41) is 0. The number of aryl methyl sites for hydroxylation is 1. The van der Waals surface area contributed by atoms with Gasteiger partial charge in [-0.25, -0.2) is 0 Å². The Hall–Kier alpha value is -1.37. The molecular weight excluding hydrogens is 273 g/mol. The topological polar surface area (TPSA) is 43.4 Å². The van der Waals surface area contributed by atoms with Gasteiger partial charge in [0.25, 0.3) is 6.08 Å². The minimum atomic E-state index is -4.23. The van der Waals surface area contributed by atoms with Gasteiger partial charge in [-0.05, 0) is 19.1 Å². The summed E-state index contributed by atoms with van der Waals surface area (Å²) in [5.74, 6) is 0. The summed E-state index contributed by atoms with van der Waals surface area (Å²) in [6, 6.07) is 5.81. The van der Waals surface area contributed by atoms with Crippen molar-refractivity contribution in [3.05, 3.63) is 41.6 Å². The number of halogens is 2. The van der Waals surface area contributed by atoms with Gasteiger partial charge in [0.2, 0.25) is 0 Å². The summed E-state index contributed by atoms with van der Waals surface area (Å²) in [6.07, 6.45) is -3.87. The zero-order valence-electron chi connectivity index (χ0n) is 11.3. The molecule has 0 heterocycles. The number of hydrogen-bond acceptors (Lipinski definition) is 3. The van der Waals surface area contributed by atoms with Gasteiger partial charge in [0, 0.05) is 5.66 Å². The van der Waals surface area contributed by atoms with Gasteiger partial charge < -0.3 is 4.18 Å². The zero-order valence-corrected chi connectivity index (χ0v) is 12.1. The van der Waals surface area contributed by atoms with Crippen molar-refractivity contribution in [2.75, 3.05) is 0 Å². The summed E-state index contributed by atoms with van der Waals surface area (Å²) in [7, 11) is -4.23. The van der Waals surface area contributed by atoms with E-state index < -0.39 is 28.0 Å². The lowest BCUT2D eigenvalue weighted by molar-refractivity contribution is 0.346. The van der Waals surface area contributed by atoms with Crippen LogP contribution in [0.1, 0.15) is 5.56 Å². The highest BCUT2D eigenvalue weighted by Gasteiger charge is 2.25. The second-order valence-corrected chi connectivity index (χ2v) is 7.12. The first-order valence-corrected chi connectivity index (χ1v) is 7.29. The standard InChI is InChI=1S/C12H16BF2O3S/c1-9-5-7-10(8-6-9)19(16,17)18-11(12(14)15)13(2,3)4/h5-8H,1-4H3/q-1. The van der Waals surface area contributed by atoms with E-state index in [2.05, 4.69) is 4.18 Å². The fourth-order valence-corrected chi connectivity index (χ4v) is 2.53. The lowest BCUT2D eigenvalue weighted by Gasteiger charge is -2.26. The fourth-order valence-electron chi connectivity index (χ4n) is 1.37. The van der Waals surface area contributed by atoms with E-state index in [1.54, 1.807) is 19.1 Å². The van der Waals surface area contributed by atoms with E-state index in [9.17, 15) is 17.2 Å². The van der Waals surface area contributed by atoms with E-state index in [0.29, 0.717) is 0 Å². The average molecular weight is 289 g/mol. The molecule has 0 N–H and O–H groups in total. The summed E-state index contributed by atoms with van der Waals surface area (Å²) in [6.45, 7) is 6.33. The van der Waals surface area contributed by atoms with Crippen LogP contribution in [-0.4, -0.2) is 14.6 Å². The molecule has 0 aromatic heterocycles. The highest BCUT2D eigenvalue weighted by atomic mass is 32.2. The highest BCUT2D eigenvalue weighted by molar-refractivity contribution is 7.87. The van der Waals surface area contributed by atoms with Crippen LogP contribution in [-0.2, 0) is 14.3 Å². The van der Waals surface area contributed by atoms with Crippen LogP contribution in [0.3, 0.4) is 0 Å². The summed E-state index contributed by atoms with van der Waals surface area (Å²) in [5.41, 5.74) is 0.0898. The Kier molecular flexibility index (Phi) is 4.40. The SMILES string of the molecule is Cc1ccc(S(=O)(=O)OC(=C(F)F)[B-](C)(C)C)cc1. The third-order valence-electron chi connectivity index (χ3n) is 2.48. The molecule has 1 aromatic rings. The Morgan fingerprint density at radius 2 is 1.58 bits per heavy atom. The maximum absolute atomic E-state index is 12.8. The minimum absolute atomic E-state index is 0.142. The lowest BCUT2D eigenvalue weighted by atomic mass is 9.29. The zero-order chi connectivity index (χ0) is 14.8. The van der Waals surface area contributed by atoms with Gasteiger partial charge in [-0.3, -0.25) is 0 Å². The number of hydrogen-bond donors (Lipinski definition) is 0. The molecule has 0 saturated carbocycles. The van der Waals surface area contributed by atoms with Crippen LogP contribution in [0.25, 0.3) is 0 Å². The Labute approximate surface area is 112 Å².